The van der Waals surface area contributed by atoms with Gasteiger partial charge in [-0.25, -0.2) is 0 Å². The van der Waals surface area contributed by atoms with E-state index in [-0.39, 0.29) is 105 Å². The molecule has 23 heteroatoms. The molecule has 0 aliphatic heterocycles. The van der Waals surface area contributed by atoms with E-state index in [2.05, 4.69) is 43.4 Å². The summed E-state index contributed by atoms with van der Waals surface area (Å²) in [5.74, 6) is -2.65. The number of nitrogens with zero attached hydrogens (tertiary/aromatic N) is 2. The Labute approximate surface area is 325 Å². The van der Waals surface area contributed by atoms with E-state index in [1.165, 1.54) is 0 Å². The Bertz CT molecular complexity index is 2020. The molecule has 6 N–H and O–H groups in total. The molecule has 0 aliphatic carbocycles. The standard InChI is InChI=1S/C21H17BrN4O12S3.3Na/c1-9(22)21(29)24-11-3-5-16(40(33,34)35)14(7-11)25-26-19-17(41(36,37)38)8-12-15(39(30,31)32)6-4-13(23-10(2)27)18(12)20(19)28;;;/h3-8,28H,1H2,2H3,(H,23,27)(H,24,29)(H,30,31,32)(H,33,34,35)(H,36,37,38);;;. The summed E-state index contributed by atoms with van der Waals surface area (Å²) in [6, 6.07) is 5.02. The van der Waals surface area contributed by atoms with Gasteiger partial charge in [-0.1, -0.05) is 6.58 Å². The summed E-state index contributed by atoms with van der Waals surface area (Å²) in [7, 11) is -15.4. The summed E-state index contributed by atoms with van der Waals surface area (Å²) >= 11 is 2.84. The smallest absolute Gasteiger partial charge is 0.296 e. The van der Waals surface area contributed by atoms with Crippen LogP contribution < -0.4 is 10.6 Å². The molecule has 44 heavy (non-hydrogen) atoms. The van der Waals surface area contributed by atoms with Gasteiger partial charge in [-0.15, -0.1) is 10.2 Å². The molecule has 0 saturated carbocycles. The van der Waals surface area contributed by atoms with Crippen molar-refractivity contribution < 1.29 is 53.6 Å². The molecule has 3 aromatic rings. The Morgan fingerprint density at radius 2 is 1.32 bits per heavy atom. The number of rotatable bonds is 8. The van der Waals surface area contributed by atoms with Crippen molar-refractivity contribution in [1.29, 1.82) is 0 Å². The van der Waals surface area contributed by atoms with Gasteiger partial charge in [-0.05, 0) is 52.3 Å². The van der Waals surface area contributed by atoms with Gasteiger partial charge in [0.2, 0.25) is 5.91 Å². The van der Waals surface area contributed by atoms with Crippen LogP contribution in [0.15, 0.2) is 72.4 Å². The summed E-state index contributed by atoms with van der Waals surface area (Å²) in [4.78, 5) is 20.6. The van der Waals surface area contributed by atoms with E-state index in [1.807, 2.05) is 0 Å². The topological polar surface area (TPSA) is 266 Å². The van der Waals surface area contributed by atoms with E-state index in [0.717, 1.165) is 37.3 Å². The second kappa shape index (κ2) is 16.4. The molecule has 3 rings (SSSR count). The second-order valence-electron chi connectivity index (χ2n) is 7.95. The Morgan fingerprint density at radius 1 is 0.795 bits per heavy atom. The van der Waals surface area contributed by atoms with Crippen molar-refractivity contribution in [1.82, 2.24) is 0 Å². The molecule has 0 aliphatic rings. The van der Waals surface area contributed by atoms with E-state index in [9.17, 15) is 53.6 Å². The molecule has 0 aromatic heterocycles. The molecule has 2 amide bonds. The normalized spacial score (nSPS) is 11.6. The average Bonchev–Trinajstić information content (AvgIpc) is 2.80. The number of phenols is 1. The molecule has 0 spiro atoms. The average molecular weight is 762 g/mol. The van der Waals surface area contributed by atoms with Crippen molar-refractivity contribution in [2.24, 2.45) is 10.2 Å². The van der Waals surface area contributed by atoms with Crippen LogP contribution in [0.4, 0.5) is 22.7 Å². The minimum atomic E-state index is -5.34. The number of amides is 2. The Kier molecular flexibility index (Phi) is 16.1. The molecule has 16 nitrogen and oxygen atoms in total. The first-order chi connectivity index (χ1) is 18.7. The number of azo groups is 1. The molecule has 3 aromatic carbocycles. The third kappa shape index (κ3) is 10.4. The molecule has 0 atom stereocenters. The monoisotopic (exact) mass is 761 g/mol. The van der Waals surface area contributed by atoms with E-state index in [1.54, 1.807) is 0 Å². The van der Waals surface area contributed by atoms with Gasteiger partial charge >= 0.3 is 0 Å². The minimum absolute atomic E-state index is 0. The van der Waals surface area contributed by atoms with E-state index < -0.39 is 84.8 Å². The molecule has 0 saturated heterocycles. The van der Waals surface area contributed by atoms with Gasteiger partial charge in [0.15, 0.2) is 5.75 Å². The van der Waals surface area contributed by atoms with Crippen LogP contribution in [-0.4, -0.2) is 145 Å². The number of carbonyl (C=O) groups is 2. The predicted octanol–water partition coefficient (Wildman–Crippen LogP) is 2.36. The van der Waals surface area contributed by atoms with Gasteiger partial charge in [-0.3, -0.25) is 23.2 Å². The number of nitrogens with one attached hydrogen (secondary N) is 2. The molecule has 0 bridgehead atoms. The van der Waals surface area contributed by atoms with E-state index in [4.69, 9.17) is 0 Å². The fraction of sp³-hybridized carbons (Fsp3) is 0.0476. The summed E-state index contributed by atoms with van der Waals surface area (Å²) in [5, 5.41) is 21.5. The third-order valence-electron chi connectivity index (χ3n) is 5.04. The number of hydrogen-bond donors (Lipinski definition) is 6. The van der Waals surface area contributed by atoms with Crippen molar-refractivity contribution >= 4 is 180 Å². The first kappa shape index (κ1) is 43.2. The summed E-state index contributed by atoms with van der Waals surface area (Å²) in [5.41, 5.74) is -2.14. The van der Waals surface area contributed by atoms with Gasteiger partial charge in [0.1, 0.15) is 26.1 Å². The maximum Gasteiger partial charge on any atom is 0.296 e. The van der Waals surface area contributed by atoms with Crippen LogP contribution in [0.3, 0.4) is 0 Å². The number of fused-ring (bicyclic) bond motifs is 1. The van der Waals surface area contributed by atoms with Gasteiger partial charge in [0, 0.05) is 107 Å². The minimum Gasteiger partial charge on any atom is -0.505 e. The van der Waals surface area contributed by atoms with Gasteiger partial charge in [-0.2, -0.15) is 25.3 Å². The number of phenolic OH excluding ortho intramolecular Hbond substituents is 1. The third-order valence-corrected chi connectivity index (χ3v) is 8.08. The number of halogens is 1. The van der Waals surface area contributed by atoms with Crippen LogP contribution in [0, 0.1) is 0 Å². The SMILES string of the molecule is C=C(Br)C(=O)Nc1ccc(S(=O)(=O)O)c(N=Nc2c(S(=O)(=O)O)cc3c(S(=O)(=O)O)ccc(NC(C)=O)c3c2O)c1.[Na].[Na].[Na]. The van der Waals surface area contributed by atoms with Crippen LogP contribution in [0.2, 0.25) is 0 Å². The molecule has 0 unspecified atom stereocenters. The van der Waals surface area contributed by atoms with Gasteiger partial charge in [0.05, 0.1) is 15.6 Å². The number of aromatic hydroxyl groups is 1. The van der Waals surface area contributed by atoms with Crippen LogP contribution in [0.1, 0.15) is 6.92 Å². The van der Waals surface area contributed by atoms with E-state index >= 15 is 0 Å². The number of benzene rings is 3. The van der Waals surface area contributed by atoms with Crippen molar-refractivity contribution in [2.45, 2.75) is 21.6 Å². The maximum atomic E-state index is 12.2. The summed E-state index contributed by atoms with van der Waals surface area (Å²) in [6.07, 6.45) is 0. The van der Waals surface area contributed by atoms with Gasteiger partial charge < -0.3 is 15.7 Å². The molecular formula is C21H17BrN4Na3O12S3. The summed E-state index contributed by atoms with van der Waals surface area (Å²) in [6.45, 7) is 4.41. The van der Waals surface area contributed by atoms with Crippen LogP contribution in [-0.2, 0) is 39.9 Å². The zero-order valence-corrected chi connectivity index (χ0v) is 33.3. The van der Waals surface area contributed by atoms with Gasteiger partial charge in [0.25, 0.3) is 36.3 Å². The van der Waals surface area contributed by atoms with E-state index in [0.29, 0.717) is 6.07 Å². The largest absolute Gasteiger partial charge is 0.505 e. The van der Waals surface area contributed by atoms with Crippen molar-refractivity contribution in [3.8, 4) is 5.75 Å². The Morgan fingerprint density at radius 3 is 1.80 bits per heavy atom. The fourth-order valence-electron chi connectivity index (χ4n) is 3.44. The molecule has 0 fully saturated rings. The van der Waals surface area contributed by atoms with Crippen molar-refractivity contribution in [2.75, 3.05) is 10.6 Å². The number of carbonyl (C=O) groups excluding carboxylic acids is 2. The molecule has 0 heterocycles. The summed E-state index contributed by atoms with van der Waals surface area (Å²) < 4.78 is 101. The van der Waals surface area contributed by atoms with Crippen molar-refractivity contribution in [3.05, 3.63) is 47.5 Å². The second-order valence-corrected chi connectivity index (χ2v) is 13.1. The number of anilines is 2. The maximum absolute atomic E-state index is 12.2. The van der Waals surface area contributed by atoms with Crippen molar-refractivity contribution in [3.63, 3.8) is 0 Å². The molecular weight excluding hydrogens is 745 g/mol. The Hall–Kier alpha value is -0.790. The predicted molar refractivity (Wildman–Crippen MR) is 164 cm³/mol. The molecule has 3 radical (unpaired) electrons. The number of hydrogen-bond acceptors (Lipinski definition) is 11. The first-order valence-corrected chi connectivity index (χ1v) is 15.6. The zero-order valence-electron chi connectivity index (χ0n) is 23.2. The molecule has 221 valence electrons. The Balaban J connectivity index is 0.00000616. The quantitative estimate of drug-likeness (QED) is 0.0836. The first-order valence-electron chi connectivity index (χ1n) is 10.5. The zero-order chi connectivity index (χ0) is 31.1. The van der Waals surface area contributed by atoms with Crippen LogP contribution >= 0.6 is 15.9 Å². The van der Waals surface area contributed by atoms with Crippen LogP contribution in [0.25, 0.3) is 10.8 Å². The van der Waals surface area contributed by atoms with Crippen LogP contribution in [0.5, 0.6) is 5.75 Å². The fourth-order valence-corrected chi connectivity index (χ4v) is 5.47.